The summed E-state index contributed by atoms with van der Waals surface area (Å²) in [7, 11) is -3.58. The lowest BCUT2D eigenvalue weighted by molar-refractivity contribution is -0.121. The first-order valence-corrected chi connectivity index (χ1v) is 10.4. The van der Waals surface area contributed by atoms with Crippen molar-refractivity contribution in [1.82, 2.24) is 13.9 Å². The van der Waals surface area contributed by atoms with Crippen molar-refractivity contribution in [2.24, 2.45) is 0 Å². The predicted octanol–water partition coefficient (Wildman–Crippen LogP) is 1.72. The molecule has 2 fully saturated rings. The number of nitrogens with one attached hydrogen (secondary N) is 1. The Labute approximate surface area is 150 Å². The maximum atomic E-state index is 12.7. The van der Waals surface area contributed by atoms with E-state index < -0.39 is 10.2 Å². The quantitative estimate of drug-likeness (QED) is 0.864. The third-order valence-corrected chi connectivity index (χ3v) is 7.07. The van der Waals surface area contributed by atoms with Crippen LogP contribution in [0.4, 0.5) is 0 Å². The molecule has 2 aliphatic rings. The lowest BCUT2D eigenvalue weighted by atomic mass is 10.1. The average molecular weight is 365 g/mol. The Balaban J connectivity index is 1.63. The third-order valence-electron chi connectivity index (χ3n) is 5.14. The highest BCUT2D eigenvalue weighted by atomic mass is 32.2. The van der Waals surface area contributed by atoms with E-state index in [0.29, 0.717) is 19.6 Å². The first kappa shape index (κ1) is 18.4. The van der Waals surface area contributed by atoms with Crippen molar-refractivity contribution >= 4 is 16.1 Å². The number of nitrogens with zero attached hydrogens (tertiary/aromatic N) is 2. The molecule has 1 amide bonds. The lowest BCUT2D eigenvalue weighted by Gasteiger charge is -2.20. The first-order chi connectivity index (χ1) is 11.9. The summed E-state index contributed by atoms with van der Waals surface area (Å²) in [5.41, 5.74) is 3.21. The van der Waals surface area contributed by atoms with Gasteiger partial charge in [0, 0.05) is 25.7 Å². The minimum Gasteiger partial charge on any atom is -0.352 e. The molecule has 6 nitrogen and oxygen atoms in total. The van der Waals surface area contributed by atoms with Crippen molar-refractivity contribution in [3.63, 3.8) is 0 Å². The van der Waals surface area contributed by atoms with Gasteiger partial charge in [-0.3, -0.25) is 4.79 Å². The summed E-state index contributed by atoms with van der Waals surface area (Å²) in [6, 6.07) is 6.28. The zero-order valence-corrected chi connectivity index (χ0v) is 15.8. The van der Waals surface area contributed by atoms with Crippen LogP contribution in [0.3, 0.4) is 0 Å². The second-order valence-corrected chi connectivity index (χ2v) is 9.08. The molecular formula is C18H27N3O3S. The van der Waals surface area contributed by atoms with Crippen molar-refractivity contribution in [1.29, 1.82) is 0 Å². The number of carbonyl (C=O) groups excluding carboxylic acids is 1. The molecule has 3 rings (SSSR count). The fraction of sp³-hybridized carbons (Fsp3) is 0.611. The van der Waals surface area contributed by atoms with Crippen LogP contribution in [0.1, 0.15) is 42.4 Å². The molecule has 0 unspecified atom stereocenters. The fourth-order valence-electron chi connectivity index (χ4n) is 3.60. The summed E-state index contributed by atoms with van der Waals surface area (Å²) in [5, 5.41) is 2.96. The fourth-order valence-corrected chi connectivity index (χ4v) is 5.14. The Hall–Kier alpha value is -1.44. The standard InChI is InChI=1S/C18H27N3O3S/c1-14-7-8-15(2)16(11-14)12-20-9-10-21(25(20,23)24)13-18(22)19-17-5-3-4-6-17/h7-8,11,17H,3-6,9-10,12-13H2,1-2H3,(H,19,22). The summed E-state index contributed by atoms with van der Waals surface area (Å²) >= 11 is 0. The van der Waals surface area contributed by atoms with Gasteiger partial charge in [-0.2, -0.15) is 17.0 Å². The van der Waals surface area contributed by atoms with Gasteiger partial charge in [0.05, 0.1) is 6.54 Å². The maximum Gasteiger partial charge on any atom is 0.282 e. The molecule has 1 heterocycles. The van der Waals surface area contributed by atoms with Gasteiger partial charge in [0.15, 0.2) is 0 Å². The molecule has 1 aromatic carbocycles. The van der Waals surface area contributed by atoms with Gasteiger partial charge in [-0.25, -0.2) is 0 Å². The summed E-state index contributed by atoms with van der Waals surface area (Å²) in [6.07, 6.45) is 4.27. The summed E-state index contributed by atoms with van der Waals surface area (Å²) in [4.78, 5) is 12.2. The number of carbonyl (C=O) groups is 1. The smallest absolute Gasteiger partial charge is 0.282 e. The van der Waals surface area contributed by atoms with Crippen LogP contribution >= 0.6 is 0 Å². The van der Waals surface area contributed by atoms with E-state index in [1.807, 2.05) is 32.0 Å². The first-order valence-electron chi connectivity index (χ1n) is 8.97. The molecule has 1 saturated carbocycles. The van der Waals surface area contributed by atoms with E-state index in [4.69, 9.17) is 0 Å². The number of aryl methyl sites for hydroxylation is 2. The van der Waals surface area contributed by atoms with Crippen LogP contribution in [0.25, 0.3) is 0 Å². The number of amides is 1. The van der Waals surface area contributed by atoms with Crippen LogP contribution < -0.4 is 5.32 Å². The minimum atomic E-state index is -3.58. The lowest BCUT2D eigenvalue weighted by Crippen LogP contribution is -2.43. The van der Waals surface area contributed by atoms with Gasteiger partial charge >= 0.3 is 0 Å². The molecule has 1 aromatic rings. The summed E-state index contributed by atoms with van der Waals surface area (Å²) in [5.74, 6) is -0.191. The summed E-state index contributed by atoms with van der Waals surface area (Å²) in [6.45, 7) is 5.06. The normalized spacial score (nSPS) is 21.7. The van der Waals surface area contributed by atoms with Crippen molar-refractivity contribution < 1.29 is 13.2 Å². The molecule has 25 heavy (non-hydrogen) atoms. The largest absolute Gasteiger partial charge is 0.352 e. The zero-order valence-electron chi connectivity index (χ0n) is 15.0. The monoisotopic (exact) mass is 365 g/mol. The van der Waals surface area contributed by atoms with Crippen LogP contribution in [-0.2, 0) is 21.5 Å². The molecule has 0 atom stereocenters. The van der Waals surface area contributed by atoms with Gasteiger partial charge in [0.2, 0.25) is 5.91 Å². The molecular weight excluding hydrogens is 338 g/mol. The zero-order chi connectivity index (χ0) is 18.0. The molecule has 1 aliphatic carbocycles. The second-order valence-electron chi connectivity index (χ2n) is 7.15. The van der Waals surface area contributed by atoms with E-state index >= 15 is 0 Å². The van der Waals surface area contributed by atoms with E-state index in [-0.39, 0.29) is 18.5 Å². The van der Waals surface area contributed by atoms with Crippen molar-refractivity contribution in [2.45, 2.75) is 52.1 Å². The predicted molar refractivity (Wildman–Crippen MR) is 97.2 cm³/mol. The SMILES string of the molecule is Cc1ccc(C)c(CN2CCN(CC(=O)NC3CCCC3)S2(=O)=O)c1. The molecule has 0 bridgehead atoms. The van der Waals surface area contributed by atoms with E-state index in [1.54, 1.807) is 0 Å². The van der Waals surface area contributed by atoms with Crippen molar-refractivity contribution in [3.05, 3.63) is 34.9 Å². The third kappa shape index (κ3) is 4.22. The molecule has 1 saturated heterocycles. The molecule has 138 valence electrons. The van der Waals surface area contributed by atoms with E-state index in [2.05, 4.69) is 5.32 Å². The van der Waals surface area contributed by atoms with Gasteiger partial charge in [-0.05, 0) is 37.8 Å². The highest BCUT2D eigenvalue weighted by Gasteiger charge is 2.37. The van der Waals surface area contributed by atoms with E-state index in [1.165, 1.54) is 8.61 Å². The number of benzene rings is 1. The Bertz CT molecular complexity index is 742. The van der Waals surface area contributed by atoms with Gasteiger partial charge in [0.25, 0.3) is 10.2 Å². The van der Waals surface area contributed by atoms with Gasteiger partial charge < -0.3 is 5.32 Å². The molecule has 0 radical (unpaired) electrons. The summed E-state index contributed by atoms with van der Waals surface area (Å²) < 4.78 is 28.2. The Morgan fingerprint density at radius 1 is 1.16 bits per heavy atom. The van der Waals surface area contributed by atoms with Crippen LogP contribution in [-0.4, -0.2) is 48.6 Å². The van der Waals surface area contributed by atoms with E-state index in [9.17, 15) is 13.2 Å². The highest BCUT2D eigenvalue weighted by Crippen LogP contribution is 2.22. The van der Waals surface area contributed by atoms with Crippen molar-refractivity contribution in [3.8, 4) is 0 Å². The molecule has 1 N–H and O–H groups in total. The molecule has 1 aliphatic heterocycles. The number of hydrogen-bond acceptors (Lipinski definition) is 3. The van der Waals surface area contributed by atoms with Gasteiger partial charge in [0.1, 0.15) is 0 Å². The Morgan fingerprint density at radius 3 is 2.56 bits per heavy atom. The Kier molecular flexibility index (Phi) is 5.46. The van der Waals surface area contributed by atoms with Crippen molar-refractivity contribution in [2.75, 3.05) is 19.6 Å². The Morgan fingerprint density at radius 2 is 1.84 bits per heavy atom. The van der Waals surface area contributed by atoms with Crippen LogP contribution in [0, 0.1) is 13.8 Å². The maximum absolute atomic E-state index is 12.7. The van der Waals surface area contributed by atoms with Crippen LogP contribution in [0.2, 0.25) is 0 Å². The van der Waals surface area contributed by atoms with Gasteiger partial charge in [-0.1, -0.05) is 36.6 Å². The second kappa shape index (κ2) is 7.43. The van der Waals surface area contributed by atoms with Crippen LogP contribution in [0.5, 0.6) is 0 Å². The molecule has 0 spiro atoms. The molecule has 7 heteroatoms. The van der Waals surface area contributed by atoms with E-state index in [0.717, 1.165) is 42.4 Å². The highest BCUT2D eigenvalue weighted by molar-refractivity contribution is 7.87. The number of rotatable bonds is 5. The molecule has 0 aromatic heterocycles. The number of hydrogen-bond donors (Lipinski definition) is 1. The topological polar surface area (TPSA) is 69.7 Å². The minimum absolute atomic E-state index is 0.0812. The average Bonchev–Trinajstić information content (AvgIpc) is 3.14. The van der Waals surface area contributed by atoms with Crippen LogP contribution in [0.15, 0.2) is 18.2 Å². The van der Waals surface area contributed by atoms with Gasteiger partial charge in [-0.15, -0.1) is 0 Å².